The molecule has 0 atom stereocenters. The number of carbonyl (C=O) groups is 1. The summed E-state index contributed by atoms with van der Waals surface area (Å²) in [6.07, 6.45) is 1.90. The summed E-state index contributed by atoms with van der Waals surface area (Å²) in [7, 11) is 1.80. The number of benzene rings is 1. The Balaban J connectivity index is 2.71. The van der Waals surface area contributed by atoms with E-state index >= 15 is 0 Å². The van der Waals surface area contributed by atoms with E-state index in [1.165, 1.54) is 17.3 Å². The summed E-state index contributed by atoms with van der Waals surface area (Å²) < 4.78 is 6.99. The van der Waals surface area contributed by atoms with Crippen LogP contribution in [0.5, 0.6) is 0 Å². The Morgan fingerprint density at radius 3 is 2.32 bits per heavy atom. The van der Waals surface area contributed by atoms with Gasteiger partial charge in [-0.2, -0.15) is 5.26 Å². The number of aromatic nitrogens is 1. The highest BCUT2D eigenvalue weighted by atomic mass is 32.2. The number of thioether (sulfide) groups is 1. The summed E-state index contributed by atoms with van der Waals surface area (Å²) in [5.74, 6) is -0.406. The van der Waals surface area contributed by atoms with Crippen LogP contribution in [0.3, 0.4) is 0 Å². The molecule has 0 spiro atoms. The average molecular weight is 356 g/mol. The van der Waals surface area contributed by atoms with Crippen LogP contribution in [-0.4, -0.2) is 23.4 Å². The molecule has 0 unspecified atom stereocenters. The average Bonchev–Trinajstić information content (AvgIpc) is 2.86. The van der Waals surface area contributed by atoms with Crippen molar-refractivity contribution < 1.29 is 9.53 Å². The molecule has 0 saturated carbocycles. The molecular weight excluding hydrogens is 332 g/mol. The van der Waals surface area contributed by atoms with E-state index in [0.717, 1.165) is 10.6 Å². The SMILES string of the molecule is CCOC(=O)c1c(-c2ccc(C(C)(C)C)cc2)c(C#N)c(SC)n1C. The van der Waals surface area contributed by atoms with Crippen molar-refractivity contribution >= 4 is 17.7 Å². The molecule has 0 aliphatic heterocycles. The maximum atomic E-state index is 12.5. The fraction of sp³-hybridized carbons (Fsp3) is 0.400. The van der Waals surface area contributed by atoms with Crippen molar-refractivity contribution in [2.45, 2.75) is 38.1 Å². The molecule has 0 fully saturated rings. The van der Waals surface area contributed by atoms with Gasteiger partial charge in [-0.15, -0.1) is 11.8 Å². The largest absolute Gasteiger partial charge is 0.461 e. The third-order valence-corrected chi connectivity index (χ3v) is 5.02. The van der Waals surface area contributed by atoms with E-state index in [-0.39, 0.29) is 5.41 Å². The van der Waals surface area contributed by atoms with E-state index < -0.39 is 5.97 Å². The van der Waals surface area contributed by atoms with Gasteiger partial charge in [-0.25, -0.2) is 4.79 Å². The second-order valence-corrected chi connectivity index (χ2v) is 7.62. The number of ether oxygens (including phenoxy) is 1. The van der Waals surface area contributed by atoms with Crippen LogP contribution in [0.25, 0.3) is 11.1 Å². The number of rotatable bonds is 4. The zero-order chi connectivity index (χ0) is 18.8. The van der Waals surface area contributed by atoms with E-state index in [1.54, 1.807) is 18.5 Å². The van der Waals surface area contributed by atoms with E-state index in [0.29, 0.717) is 23.4 Å². The molecule has 132 valence electrons. The molecule has 0 aliphatic rings. The minimum atomic E-state index is -0.406. The Kier molecular flexibility index (Phi) is 5.64. The number of nitriles is 1. The summed E-state index contributed by atoms with van der Waals surface area (Å²) in [6, 6.07) is 10.3. The first kappa shape index (κ1) is 19.1. The number of nitrogens with zero attached hydrogens (tertiary/aromatic N) is 2. The van der Waals surface area contributed by atoms with Gasteiger partial charge >= 0.3 is 5.97 Å². The van der Waals surface area contributed by atoms with Crippen molar-refractivity contribution in [2.75, 3.05) is 12.9 Å². The van der Waals surface area contributed by atoms with Gasteiger partial charge in [0.15, 0.2) is 0 Å². The molecule has 1 heterocycles. The van der Waals surface area contributed by atoms with Gasteiger partial charge in [0.1, 0.15) is 11.8 Å². The topological polar surface area (TPSA) is 55.0 Å². The fourth-order valence-electron chi connectivity index (χ4n) is 2.86. The summed E-state index contributed by atoms with van der Waals surface area (Å²) in [5, 5.41) is 10.5. The molecule has 0 saturated heterocycles. The number of hydrogen-bond donors (Lipinski definition) is 0. The van der Waals surface area contributed by atoms with E-state index in [4.69, 9.17) is 4.74 Å². The Labute approximate surface area is 153 Å². The van der Waals surface area contributed by atoms with Crippen LogP contribution in [0.1, 0.15) is 49.3 Å². The van der Waals surface area contributed by atoms with Crippen LogP contribution in [0.4, 0.5) is 0 Å². The highest BCUT2D eigenvalue weighted by molar-refractivity contribution is 7.98. The number of esters is 1. The highest BCUT2D eigenvalue weighted by Crippen LogP contribution is 2.37. The van der Waals surface area contributed by atoms with Gasteiger partial charge < -0.3 is 9.30 Å². The summed E-state index contributed by atoms with van der Waals surface area (Å²) >= 11 is 1.45. The maximum Gasteiger partial charge on any atom is 0.355 e. The van der Waals surface area contributed by atoms with Crippen molar-refractivity contribution in [1.29, 1.82) is 5.26 Å². The normalized spacial score (nSPS) is 11.2. The predicted molar refractivity (Wildman–Crippen MR) is 102 cm³/mol. The van der Waals surface area contributed by atoms with Crippen LogP contribution in [0.2, 0.25) is 0 Å². The Morgan fingerprint density at radius 1 is 1.28 bits per heavy atom. The van der Waals surface area contributed by atoms with Gasteiger partial charge in [0, 0.05) is 12.6 Å². The first-order valence-corrected chi connectivity index (χ1v) is 9.43. The molecule has 2 aromatic rings. The standard InChI is InChI=1S/C20H24N2O2S/c1-7-24-19(23)17-16(15(12-21)18(25-6)22(17)5)13-8-10-14(11-9-13)20(2,3)4/h8-11H,7H2,1-6H3. The molecule has 0 N–H and O–H groups in total. The van der Waals surface area contributed by atoms with Gasteiger partial charge in [-0.3, -0.25) is 0 Å². The lowest BCUT2D eigenvalue weighted by atomic mass is 9.86. The van der Waals surface area contributed by atoms with Gasteiger partial charge in [0.25, 0.3) is 0 Å². The van der Waals surface area contributed by atoms with Crippen molar-refractivity contribution in [2.24, 2.45) is 7.05 Å². The monoisotopic (exact) mass is 356 g/mol. The fourth-order valence-corrected chi connectivity index (χ4v) is 3.58. The van der Waals surface area contributed by atoms with Gasteiger partial charge in [0.05, 0.1) is 17.2 Å². The Bertz CT molecular complexity index is 821. The van der Waals surface area contributed by atoms with Crippen molar-refractivity contribution in [1.82, 2.24) is 4.57 Å². The third-order valence-electron chi connectivity index (χ3n) is 4.15. The van der Waals surface area contributed by atoms with Gasteiger partial charge in [-0.05, 0) is 29.7 Å². The zero-order valence-corrected chi connectivity index (χ0v) is 16.5. The summed E-state index contributed by atoms with van der Waals surface area (Å²) in [5.41, 5.74) is 3.68. The van der Waals surface area contributed by atoms with Gasteiger partial charge in [-0.1, -0.05) is 45.0 Å². The molecule has 2 rings (SSSR count). The molecule has 5 heteroatoms. The summed E-state index contributed by atoms with van der Waals surface area (Å²) in [4.78, 5) is 12.5. The zero-order valence-electron chi connectivity index (χ0n) is 15.6. The first-order chi connectivity index (χ1) is 11.8. The lowest BCUT2D eigenvalue weighted by molar-refractivity contribution is 0.0515. The molecular formula is C20H24N2O2S. The third kappa shape index (κ3) is 3.59. The molecule has 4 nitrogen and oxygen atoms in total. The quantitative estimate of drug-likeness (QED) is 0.585. The number of hydrogen-bond acceptors (Lipinski definition) is 4. The molecule has 0 radical (unpaired) electrons. The molecule has 1 aromatic carbocycles. The molecule has 0 amide bonds. The molecule has 1 aromatic heterocycles. The van der Waals surface area contributed by atoms with E-state index in [2.05, 4.69) is 39.0 Å². The maximum absolute atomic E-state index is 12.5. The number of carbonyl (C=O) groups excluding carboxylic acids is 1. The Morgan fingerprint density at radius 2 is 1.88 bits per heavy atom. The second kappa shape index (κ2) is 7.37. The lowest BCUT2D eigenvalue weighted by Gasteiger charge is -2.19. The summed E-state index contributed by atoms with van der Waals surface area (Å²) in [6.45, 7) is 8.53. The lowest BCUT2D eigenvalue weighted by Crippen LogP contribution is -2.12. The van der Waals surface area contributed by atoms with Crippen molar-refractivity contribution in [3.8, 4) is 17.2 Å². The van der Waals surface area contributed by atoms with E-state index in [9.17, 15) is 10.1 Å². The van der Waals surface area contributed by atoms with Crippen LogP contribution in [0.15, 0.2) is 29.3 Å². The van der Waals surface area contributed by atoms with Crippen molar-refractivity contribution in [3.63, 3.8) is 0 Å². The van der Waals surface area contributed by atoms with Crippen molar-refractivity contribution in [3.05, 3.63) is 41.1 Å². The van der Waals surface area contributed by atoms with Crippen LogP contribution < -0.4 is 0 Å². The minimum Gasteiger partial charge on any atom is -0.461 e. The molecule has 0 aliphatic carbocycles. The smallest absolute Gasteiger partial charge is 0.355 e. The van der Waals surface area contributed by atoms with Crippen LogP contribution in [0, 0.1) is 11.3 Å². The minimum absolute atomic E-state index is 0.0433. The predicted octanol–water partition coefficient (Wildman–Crippen LogP) is 4.76. The van der Waals surface area contributed by atoms with Crippen LogP contribution >= 0.6 is 11.8 Å². The van der Waals surface area contributed by atoms with Gasteiger partial charge in [0.2, 0.25) is 0 Å². The molecule has 0 bridgehead atoms. The molecule has 25 heavy (non-hydrogen) atoms. The van der Waals surface area contributed by atoms with E-state index in [1.807, 2.05) is 18.4 Å². The highest BCUT2D eigenvalue weighted by Gasteiger charge is 2.27. The Hall–Kier alpha value is -2.19. The van der Waals surface area contributed by atoms with Crippen LogP contribution in [-0.2, 0) is 17.2 Å². The second-order valence-electron chi connectivity index (χ2n) is 6.83. The first-order valence-electron chi connectivity index (χ1n) is 8.21.